The van der Waals surface area contributed by atoms with E-state index in [0.717, 1.165) is 98.5 Å². The van der Waals surface area contributed by atoms with Gasteiger partial charge >= 0.3 is 0 Å². The summed E-state index contributed by atoms with van der Waals surface area (Å²) in [5.74, 6) is 0. The molecule has 0 aliphatic carbocycles. The normalized spacial score (nSPS) is 13.4. The Bertz CT molecular complexity index is 3740. The van der Waals surface area contributed by atoms with Crippen molar-refractivity contribution in [3.8, 4) is 22.3 Å². The van der Waals surface area contributed by atoms with Gasteiger partial charge in [-0.3, -0.25) is 0 Å². The molecule has 0 unspecified atom stereocenters. The second kappa shape index (κ2) is 9.34. The van der Waals surface area contributed by atoms with Crippen LogP contribution in [0.1, 0.15) is 5.56 Å². The van der Waals surface area contributed by atoms with Crippen LogP contribution < -0.4 is 16.4 Å². The van der Waals surface area contributed by atoms with E-state index in [1.165, 1.54) is 55.0 Å². The van der Waals surface area contributed by atoms with Gasteiger partial charge in [0.15, 0.2) is 0 Å². The zero-order valence-electron chi connectivity index (χ0n) is 29.9. The predicted octanol–water partition coefficient (Wildman–Crippen LogP) is 12.4. The Hall–Kier alpha value is -7.24. The molecular formula is C51H25BO4. The largest absolute Gasteiger partial charge is 0.455 e. The van der Waals surface area contributed by atoms with Crippen molar-refractivity contribution in [2.24, 2.45) is 0 Å². The smallest absolute Gasteiger partial charge is 0.244 e. The summed E-state index contributed by atoms with van der Waals surface area (Å²) >= 11 is 0. The molecule has 2 aliphatic rings. The minimum Gasteiger partial charge on any atom is -0.455 e. The maximum absolute atomic E-state index is 6.87. The SMILES string of the molecule is Cc1cc2c3c(c1)-c1cc4c5ccccc5oc4c4c1c(cc1c5ccccc5oc14)B3c1cc3c4ccccc4oc3c3c1c-2cc1c2ccccc2oc13. The number of hydrogen-bond donors (Lipinski definition) is 0. The molecule has 5 heteroatoms. The Morgan fingerprint density at radius 1 is 0.339 bits per heavy atom. The summed E-state index contributed by atoms with van der Waals surface area (Å²) < 4.78 is 27.5. The van der Waals surface area contributed by atoms with Gasteiger partial charge in [0.1, 0.15) is 44.7 Å². The number of fused-ring (bicyclic) bond motifs is 20. The van der Waals surface area contributed by atoms with E-state index >= 15 is 0 Å². The first kappa shape index (κ1) is 28.2. The van der Waals surface area contributed by atoms with Gasteiger partial charge in [0, 0.05) is 43.1 Å². The van der Waals surface area contributed by atoms with Crippen LogP contribution in [0.25, 0.3) is 132 Å². The number of hydrogen-bond acceptors (Lipinski definition) is 4. The number of aryl methyl sites for hydroxylation is 1. The van der Waals surface area contributed by atoms with Gasteiger partial charge in [-0.1, -0.05) is 113 Å². The highest BCUT2D eigenvalue weighted by atomic mass is 16.4. The molecule has 0 saturated heterocycles. The van der Waals surface area contributed by atoms with Crippen molar-refractivity contribution in [2.75, 3.05) is 0 Å². The monoisotopic (exact) mass is 712 g/mol. The summed E-state index contributed by atoms with van der Waals surface area (Å²) in [7, 11) is 0. The van der Waals surface area contributed by atoms with Crippen molar-refractivity contribution in [1.82, 2.24) is 0 Å². The van der Waals surface area contributed by atoms with E-state index in [-0.39, 0.29) is 6.71 Å². The fourth-order valence-corrected chi connectivity index (χ4v) is 10.9. The molecule has 0 spiro atoms. The van der Waals surface area contributed by atoms with Crippen molar-refractivity contribution in [1.29, 1.82) is 0 Å². The summed E-state index contributed by atoms with van der Waals surface area (Å²) in [4.78, 5) is 0. The van der Waals surface area contributed by atoms with E-state index in [9.17, 15) is 0 Å². The van der Waals surface area contributed by atoms with Crippen LogP contribution in [0.2, 0.25) is 0 Å². The molecule has 0 radical (unpaired) electrons. The van der Waals surface area contributed by atoms with Gasteiger partial charge in [-0.2, -0.15) is 0 Å². The molecular weight excluding hydrogens is 687 g/mol. The summed E-state index contributed by atoms with van der Waals surface area (Å²) in [6.45, 7) is 2.15. The summed E-state index contributed by atoms with van der Waals surface area (Å²) in [5.41, 5.74) is 17.0. The third-order valence-corrected chi connectivity index (χ3v) is 13.1. The topological polar surface area (TPSA) is 52.6 Å². The molecule has 15 rings (SSSR count). The van der Waals surface area contributed by atoms with Crippen LogP contribution in [0, 0.1) is 6.92 Å². The molecule has 6 heterocycles. The lowest BCUT2D eigenvalue weighted by atomic mass is 9.31. The minimum atomic E-state index is -0.0784. The quantitative estimate of drug-likeness (QED) is 0.147. The van der Waals surface area contributed by atoms with Crippen LogP contribution in [-0.2, 0) is 0 Å². The molecule has 9 aromatic carbocycles. The molecule has 4 nitrogen and oxygen atoms in total. The zero-order chi connectivity index (χ0) is 36.1. The summed E-state index contributed by atoms with van der Waals surface area (Å²) in [5, 5.41) is 13.3. The first-order valence-corrected chi connectivity index (χ1v) is 19.3. The van der Waals surface area contributed by atoms with E-state index in [1.54, 1.807) is 0 Å². The Balaban J connectivity index is 1.23. The highest BCUT2D eigenvalue weighted by Gasteiger charge is 2.42. The van der Waals surface area contributed by atoms with Crippen LogP contribution >= 0.6 is 0 Å². The van der Waals surface area contributed by atoms with E-state index < -0.39 is 0 Å². The maximum Gasteiger partial charge on any atom is 0.244 e. The maximum atomic E-state index is 6.87. The fraction of sp³-hybridized carbons (Fsp3) is 0.0196. The van der Waals surface area contributed by atoms with Gasteiger partial charge in [0.05, 0.1) is 10.8 Å². The van der Waals surface area contributed by atoms with Crippen molar-refractivity contribution < 1.29 is 17.7 Å². The highest BCUT2D eigenvalue weighted by molar-refractivity contribution is 7.02. The standard InChI is InChI=1S/C51H25BO4/c1-24-18-31-29-20-33-25-10-2-6-14-39(25)53-48(33)45-43(29)37(22-35-27-12-4-8-16-41(27)55-50(35)45)52-38-23-36-28-13-5-9-17-42(28)56-51(36)46-44(38)30(32(19-24)47(31)52)21-34-26-11-3-7-15-40(26)54-49(34)46/h2-23H,1H3. The van der Waals surface area contributed by atoms with Crippen molar-refractivity contribution in [3.05, 3.63) is 139 Å². The Morgan fingerprint density at radius 3 is 1.05 bits per heavy atom. The van der Waals surface area contributed by atoms with Gasteiger partial charge in [-0.25, -0.2) is 0 Å². The van der Waals surface area contributed by atoms with Gasteiger partial charge in [0.25, 0.3) is 0 Å². The summed E-state index contributed by atoms with van der Waals surface area (Å²) in [6.07, 6.45) is 0. The van der Waals surface area contributed by atoms with Crippen LogP contribution in [-0.4, -0.2) is 6.71 Å². The molecule has 0 fully saturated rings. The lowest BCUT2D eigenvalue weighted by molar-refractivity contribution is 0.662. The van der Waals surface area contributed by atoms with Crippen molar-refractivity contribution in [3.63, 3.8) is 0 Å². The molecule has 0 atom stereocenters. The first-order valence-electron chi connectivity index (χ1n) is 19.3. The lowest BCUT2D eigenvalue weighted by Gasteiger charge is -2.34. The Morgan fingerprint density at radius 2 is 0.679 bits per heavy atom. The van der Waals surface area contributed by atoms with Crippen LogP contribution in [0.5, 0.6) is 0 Å². The van der Waals surface area contributed by atoms with E-state index in [4.69, 9.17) is 17.7 Å². The number of benzene rings is 9. The van der Waals surface area contributed by atoms with Gasteiger partial charge in [-0.15, -0.1) is 0 Å². The second-order valence-electron chi connectivity index (χ2n) is 15.9. The molecule has 256 valence electrons. The molecule has 0 bridgehead atoms. The molecule has 0 amide bonds. The van der Waals surface area contributed by atoms with Gasteiger partial charge in [-0.05, 0) is 81.9 Å². The number of para-hydroxylation sites is 4. The zero-order valence-corrected chi connectivity index (χ0v) is 29.9. The van der Waals surface area contributed by atoms with Crippen LogP contribution in [0.15, 0.2) is 151 Å². The third kappa shape index (κ3) is 3.13. The molecule has 0 N–H and O–H groups in total. The van der Waals surface area contributed by atoms with Crippen LogP contribution in [0.3, 0.4) is 0 Å². The Labute approximate surface area is 317 Å². The highest BCUT2D eigenvalue weighted by Crippen LogP contribution is 2.50. The van der Waals surface area contributed by atoms with E-state index in [0.29, 0.717) is 0 Å². The second-order valence-corrected chi connectivity index (χ2v) is 15.9. The van der Waals surface area contributed by atoms with Gasteiger partial charge < -0.3 is 17.7 Å². The fourth-order valence-electron chi connectivity index (χ4n) is 10.9. The van der Waals surface area contributed by atoms with Crippen molar-refractivity contribution in [2.45, 2.75) is 6.92 Å². The van der Waals surface area contributed by atoms with E-state index in [2.05, 4.69) is 140 Å². The molecule has 2 aliphatic heterocycles. The molecule has 56 heavy (non-hydrogen) atoms. The summed E-state index contributed by atoms with van der Waals surface area (Å²) in [6, 6.07) is 48.1. The third-order valence-electron chi connectivity index (χ3n) is 13.1. The average molecular weight is 713 g/mol. The molecule has 0 saturated carbocycles. The molecule has 13 aromatic rings. The lowest BCUT2D eigenvalue weighted by Crippen LogP contribution is -2.57. The average Bonchev–Trinajstić information content (AvgIpc) is 4.00. The molecule has 4 aromatic heterocycles. The number of furan rings is 4. The van der Waals surface area contributed by atoms with E-state index in [1.807, 2.05) is 0 Å². The van der Waals surface area contributed by atoms with Gasteiger partial charge in [0.2, 0.25) is 6.71 Å². The van der Waals surface area contributed by atoms with Crippen molar-refractivity contribution >= 4 is 132 Å². The van der Waals surface area contributed by atoms with Crippen LogP contribution in [0.4, 0.5) is 0 Å². The predicted molar refractivity (Wildman–Crippen MR) is 231 cm³/mol. The first-order chi connectivity index (χ1) is 27.7. The number of rotatable bonds is 0. The minimum absolute atomic E-state index is 0.0784. The Kier molecular flexibility index (Phi) is 4.71.